The highest BCUT2D eigenvalue weighted by atomic mass is 16.5. The average Bonchev–Trinajstić information content (AvgIpc) is 3.00. The minimum absolute atomic E-state index is 0.341. The Morgan fingerprint density at radius 2 is 1.79 bits per heavy atom. The number of rotatable bonds is 5. The molecule has 24 heavy (non-hydrogen) atoms. The van der Waals surface area contributed by atoms with Gasteiger partial charge in [-0.05, 0) is 29.8 Å². The molecular formula is C18H18N4O2. The Morgan fingerprint density at radius 3 is 2.46 bits per heavy atom. The van der Waals surface area contributed by atoms with Gasteiger partial charge < -0.3 is 10.1 Å². The van der Waals surface area contributed by atoms with Crippen LogP contribution in [-0.2, 0) is 13.7 Å². The van der Waals surface area contributed by atoms with Crippen LogP contribution in [0.4, 0.5) is 16.3 Å². The van der Waals surface area contributed by atoms with Gasteiger partial charge in [0.05, 0.1) is 0 Å². The Bertz CT molecular complexity index is 797. The Morgan fingerprint density at radius 1 is 1.04 bits per heavy atom. The molecule has 0 saturated carbocycles. The fourth-order valence-electron chi connectivity index (χ4n) is 2.14. The highest BCUT2D eigenvalue weighted by Crippen LogP contribution is 2.17. The van der Waals surface area contributed by atoms with Gasteiger partial charge in [-0.25, -0.2) is 4.79 Å². The summed E-state index contributed by atoms with van der Waals surface area (Å²) in [6, 6.07) is 18.6. The summed E-state index contributed by atoms with van der Waals surface area (Å²) in [5, 5.41) is 9.49. The van der Waals surface area contributed by atoms with Crippen LogP contribution in [0.1, 0.15) is 5.56 Å². The molecule has 122 valence electrons. The maximum Gasteiger partial charge on any atom is 0.324 e. The van der Waals surface area contributed by atoms with Crippen molar-refractivity contribution in [2.75, 3.05) is 10.6 Å². The summed E-state index contributed by atoms with van der Waals surface area (Å²) in [6.45, 7) is 0.508. The number of nitrogens with one attached hydrogen (secondary N) is 2. The number of urea groups is 1. The van der Waals surface area contributed by atoms with E-state index >= 15 is 0 Å². The average molecular weight is 322 g/mol. The quantitative estimate of drug-likeness (QED) is 0.753. The molecule has 2 aromatic carbocycles. The summed E-state index contributed by atoms with van der Waals surface area (Å²) >= 11 is 0. The van der Waals surface area contributed by atoms with E-state index in [9.17, 15) is 4.79 Å². The topological polar surface area (TPSA) is 68.2 Å². The molecule has 3 rings (SSSR count). The third-order valence-electron chi connectivity index (χ3n) is 3.32. The second kappa shape index (κ2) is 7.32. The number of nitrogens with zero attached hydrogens (tertiary/aromatic N) is 2. The van der Waals surface area contributed by atoms with Gasteiger partial charge >= 0.3 is 6.03 Å². The third kappa shape index (κ3) is 4.36. The molecule has 1 aromatic heterocycles. The largest absolute Gasteiger partial charge is 0.489 e. The van der Waals surface area contributed by atoms with Crippen LogP contribution in [0.15, 0.2) is 66.9 Å². The summed E-state index contributed by atoms with van der Waals surface area (Å²) in [7, 11) is 1.79. The zero-order valence-electron chi connectivity index (χ0n) is 13.3. The van der Waals surface area contributed by atoms with Crippen LogP contribution in [-0.4, -0.2) is 15.8 Å². The van der Waals surface area contributed by atoms with E-state index < -0.39 is 0 Å². The van der Waals surface area contributed by atoms with Crippen molar-refractivity contribution in [3.8, 4) is 5.75 Å². The van der Waals surface area contributed by atoms with Crippen LogP contribution in [0, 0.1) is 0 Å². The SMILES string of the molecule is Cn1ccc(NC(=O)Nc2ccc(OCc3ccccc3)cc2)n1. The maximum atomic E-state index is 11.9. The van der Waals surface area contributed by atoms with Crippen LogP contribution in [0.25, 0.3) is 0 Å². The maximum absolute atomic E-state index is 11.9. The minimum atomic E-state index is -0.341. The molecule has 0 aliphatic heterocycles. The van der Waals surface area contributed by atoms with Crippen LogP contribution < -0.4 is 15.4 Å². The Balaban J connectivity index is 1.51. The molecule has 1 heterocycles. The van der Waals surface area contributed by atoms with Crippen LogP contribution >= 0.6 is 0 Å². The molecule has 0 atom stereocenters. The van der Waals surface area contributed by atoms with E-state index in [0.29, 0.717) is 18.1 Å². The first-order chi connectivity index (χ1) is 11.7. The Hall–Kier alpha value is -3.28. The van der Waals surface area contributed by atoms with Crippen molar-refractivity contribution < 1.29 is 9.53 Å². The number of aromatic nitrogens is 2. The minimum Gasteiger partial charge on any atom is -0.489 e. The normalized spacial score (nSPS) is 10.2. The van der Waals surface area contributed by atoms with Gasteiger partial charge in [0.1, 0.15) is 12.4 Å². The first-order valence-electron chi connectivity index (χ1n) is 7.53. The number of amides is 2. The van der Waals surface area contributed by atoms with Gasteiger partial charge in [0.2, 0.25) is 0 Å². The van der Waals surface area contributed by atoms with E-state index in [1.807, 2.05) is 42.5 Å². The monoisotopic (exact) mass is 322 g/mol. The lowest BCUT2D eigenvalue weighted by Crippen LogP contribution is -2.19. The Labute approximate surface area is 140 Å². The van der Waals surface area contributed by atoms with Crippen molar-refractivity contribution in [3.05, 3.63) is 72.4 Å². The molecule has 6 heteroatoms. The van der Waals surface area contributed by atoms with Gasteiger partial charge in [-0.15, -0.1) is 0 Å². The second-order valence-electron chi connectivity index (χ2n) is 5.25. The smallest absolute Gasteiger partial charge is 0.324 e. The van der Waals surface area contributed by atoms with E-state index in [-0.39, 0.29) is 6.03 Å². The number of benzene rings is 2. The van der Waals surface area contributed by atoms with E-state index in [1.165, 1.54) is 0 Å². The van der Waals surface area contributed by atoms with E-state index in [4.69, 9.17) is 4.74 Å². The number of hydrogen-bond donors (Lipinski definition) is 2. The van der Waals surface area contributed by atoms with Crippen LogP contribution in [0.3, 0.4) is 0 Å². The molecule has 6 nitrogen and oxygen atoms in total. The first-order valence-corrected chi connectivity index (χ1v) is 7.53. The van der Waals surface area contributed by atoms with Crippen LogP contribution in [0.2, 0.25) is 0 Å². The molecule has 0 saturated heterocycles. The molecule has 0 spiro atoms. The molecule has 3 aromatic rings. The summed E-state index contributed by atoms with van der Waals surface area (Å²) in [5.41, 5.74) is 1.78. The lowest BCUT2D eigenvalue weighted by molar-refractivity contribution is 0.262. The first kappa shape index (κ1) is 15.6. The number of anilines is 2. The van der Waals surface area contributed by atoms with Crippen molar-refractivity contribution >= 4 is 17.5 Å². The highest BCUT2D eigenvalue weighted by Gasteiger charge is 2.05. The fraction of sp³-hybridized carbons (Fsp3) is 0.111. The van der Waals surface area contributed by atoms with E-state index in [1.54, 1.807) is 36.1 Å². The number of carbonyl (C=O) groups is 1. The molecule has 2 N–H and O–H groups in total. The summed E-state index contributed by atoms with van der Waals surface area (Å²) in [4.78, 5) is 11.9. The van der Waals surface area contributed by atoms with E-state index in [0.717, 1.165) is 11.3 Å². The Kier molecular flexibility index (Phi) is 4.76. The number of aryl methyl sites for hydroxylation is 1. The van der Waals surface area contributed by atoms with Gasteiger partial charge in [0, 0.05) is 25.0 Å². The second-order valence-corrected chi connectivity index (χ2v) is 5.25. The van der Waals surface area contributed by atoms with E-state index in [2.05, 4.69) is 15.7 Å². The van der Waals surface area contributed by atoms with Gasteiger partial charge in [-0.2, -0.15) is 5.10 Å². The van der Waals surface area contributed by atoms with Crippen LogP contribution in [0.5, 0.6) is 5.75 Å². The van der Waals surface area contributed by atoms with Gasteiger partial charge in [-0.3, -0.25) is 10.00 Å². The molecule has 0 fully saturated rings. The zero-order valence-corrected chi connectivity index (χ0v) is 13.3. The highest BCUT2D eigenvalue weighted by molar-refractivity contribution is 5.99. The molecule has 0 unspecified atom stereocenters. The number of ether oxygens (including phenoxy) is 1. The molecular weight excluding hydrogens is 304 g/mol. The standard InChI is InChI=1S/C18H18N4O2/c1-22-12-11-17(21-22)20-18(23)19-15-7-9-16(10-8-15)24-13-14-5-3-2-4-6-14/h2-12H,13H2,1H3,(H2,19,20,21,23). The summed E-state index contributed by atoms with van der Waals surface area (Å²) < 4.78 is 7.33. The predicted octanol–water partition coefficient (Wildman–Crippen LogP) is 3.64. The number of carbonyl (C=O) groups excluding carboxylic acids is 1. The molecule has 2 amide bonds. The lowest BCUT2D eigenvalue weighted by atomic mass is 10.2. The van der Waals surface area contributed by atoms with Gasteiger partial charge in [0.15, 0.2) is 5.82 Å². The van der Waals surface area contributed by atoms with Crippen molar-refractivity contribution in [2.45, 2.75) is 6.61 Å². The van der Waals surface area contributed by atoms with Crippen molar-refractivity contribution in [2.24, 2.45) is 7.05 Å². The molecule has 0 aliphatic carbocycles. The molecule has 0 radical (unpaired) electrons. The summed E-state index contributed by atoms with van der Waals surface area (Å²) in [6.07, 6.45) is 1.76. The van der Waals surface area contributed by atoms with Gasteiger partial charge in [0.25, 0.3) is 0 Å². The fourth-order valence-corrected chi connectivity index (χ4v) is 2.14. The molecule has 0 bridgehead atoms. The van der Waals surface area contributed by atoms with Crippen molar-refractivity contribution in [3.63, 3.8) is 0 Å². The molecule has 0 aliphatic rings. The summed E-state index contributed by atoms with van der Waals surface area (Å²) in [5.74, 6) is 1.24. The predicted molar refractivity (Wildman–Crippen MR) is 93.1 cm³/mol. The lowest BCUT2D eigenvalue weighted by Gasteiger charge is -2.08. The number of hydrogen-bond acceptors (Lipinski definition) is 3. The zero-order chi connectivity index (χ0) is 16.8. The van der Waals surface area contributed by atoms with Gasteiger partial charge in [-0.1, -0.05) is 30.3 Å². The van der Waals surface area contributed by atoms with Crippen molar-refractivity contribution in [1.82, 2.24) is 9.78 Å². The third-order valence-corrected chi connectivity index (χ3v) is 3.32. The van der Waals surface area contributed by atoms with Crippen molar-refractivity contribution in [1.29, 1.82) is 0 Å².